The average Bonchev–Trinajstić information content (AvgIpc) is 3.50. The molecule has 1 fully saturated rings. The van der Waals surface area contributed by atoms with E-state index < -0.39 is 0 Å². The summed E-state index contributed by atoms with van der Waals surface area (Å²) in [5.74, 6) is 1.18. The number of aryl methyl sites for hydroxylation is 1. The van der Waals surface area contributed by atoms with Crippen molar-refractivity contribution < 1.29 is 9.53 Å². The van der Waals surface area contributed by atoms with Gasteiger partial charge in [-0.25, -0.2) is 4.99 Å². The first-order valence-corrected chi connectivity index (χ1v) is 10.4. The van der Waals surface area contributed by atoms with Crippen LogP contribution in [-0.2, 0) is 11.8 Å². The van der Waals surface area contributed by atoms with Crippen molar-refractivity contribution in [3.05, 3.63) is 42.0 Å². The second kappa shape index (κ2) is 10.8. The highest BCUT2D eigenvalue weighted by molar-refractivity contribution is 6.31. The van der Waals surface area contributed by atoms with Gasteiger partial charge >= 0.3 is 0 Å². The monoisotopic (exact) mass is 425 g/mol. The fourth-order valence-electron chi connectivity index (χ4n) is 3.46. The van der Waals surface area contributed by atoms with E-state index in [0.29, 0.717) is 11.4 Å². The van der Waals surface area contributed by atoms with E-state index in [-0.39, 0.29) is 5.91 Å². The summed E-state index contributed by atoms with van der Waals surface area (Å²) in [5.41, 5.74) is 1.57. The molecule has 0 radical (unpaired) electrons. The third-order valence-corrected chi connectivity index (χ3v) is 5.09. The lowest BCUT2D eigenvalue weighted by Crippen LogP contribution is -2.31. The molecule has 9 heteroatoms. The molecule has 0 atom stereocenters. The smallest absolute Gasteiger partial charge is 0.256 e. The predicted molar refractivity (Wildman–Crippen MR) is 123 cm³/mol. The number of fused-ring (bicyclic) bond motifs is 2. The first kappa shape index (κ1) is 22.6. The zero-order valence-electron chi connectivity index (χ0n) is 18.7. The normalized spacial score (nSPS) is 17.2. The van der Waals surface area contributed by atoms with Crippen molar-refractivity contribution in [1.82, 2.24) is 24.9 Å². The van der Waals surface area contributed by atoms with Crippen LogP contribution in [0.5, 0.6) is 0 Å². The summed E-state index contributed by atoms with van der Waals surface area (Å²) in [6.07, 6.45) is 8.06. The molecule has 0 bridgehead atoms. The number of likely N-dealkylation sites (tertiary alicyclic amines) is 1. The third-order valence-electron chi connectivity index (χ3n) is 5.09. The number of benzene rings is 1. The number of carbonyl (C=O) groups excluding carboxylic acids is 1. The summed E-state index contributed by atoms with van der Waals surface area (Å²) in [6.45, 7) is 4.22. The highest BCUT2D eigenvalue weighted by Crippen LogP contribution is 2.16. The van der Waals surface area contributed by atoms with E-state index >= 15 is 0 Å². The van der Waals surface area contributed by atoms with Gasteiger partial charge in [-0.3, -0.25) is 14.5 Å². The van der Waals surface area contributed by atoms with Gasteiger partial charge in [-0.15, -0.1) is 0 Å². The minimum atomic E-state index is -0.186. The minimum absolute atomic E-state index is 0.186. The molecule has 31 heavy (non-hydrogen) atoms. The molecule has 3 aliphatic rings. The molecule has 1 saturated heterocycles. The molecule has 1 amide bonds. The van der Waals surface area contributed by atoms with Crippen LogP contribution in [0.25, 0.3) is 10.9 Å². The van der Waals surface area contributed by atoms with Crippen molar-refractivity contribution in [3.63, 3.8) is 0 Å². The molecule has 166 valence electrons. The lowest BCUT2D eigenvalue weighted by atomic mass is 10.1. The van der Waals surface area contributed by atoms with Crippen LogP contribution in [0, 0.1) is 0 Å². The Morgan fingerprint density at radius 3 is 2.55 bits per heavy atom. The topological polar surface area (TPSA) is 87.4 Å². The quantitative estimate of drug-likeness (QED) is 0.794. The van der Waals surface area contributed by atoms with Gasteiger partial charge in [0, 0.05) is 45.0 Å². The number of aromatic nitrogens is 2. The Morgan fingerprint density at radius 1 is 1.13 bits per heavy atom. The van der Waals surface area contributed by atoms with Crippen LogP contribution in [-0.4, -0.2) is 85.0 Å². The van der Waals surface area contributed by atoms with Crippen LogP contribution in [0.4, 0.5) is 0 Å². The van der Waals surface area contributed by atoms with Gasteiger partial charge in [0.2, 0.25) is 0 Å². The molecule has 9 nitrogen and oxygen atoms in total. The maximum absolute atomic E-state index is 12.4. The fourth-order valence-corrected chi connectivity index (χ4v) is 3.46. The van der Waals surface area contributed by atoms with Crippen molar-refractivity contribution in [2.24, 2.45) is 17.0 Å². The van der Waals surface area contributed by atoms with Gasteiger partial charge in [-0.2, -0.15) is 5.10 Å². The number of carbonyl (C=O) groups is 1. The average molecular weight is 426 g/mol. The number of hydrogen-bond acceptors (Lipinski definition) is 7. The van der Waals surface area contributed by atoms with E-state index in [2.05, 4.69) is 37.1 Å². The third kappa shape index (κ3) is 5.99. The number of aliphatic imine (C=N–C) groups is 2. The molecule has 1 aromatic carbocycles. The lowest BCUT2D eigenvalue weighted by Gasteiger charge is -2.18. The second-order valence-corrected chi connectivity index (χ2v) is 7.62. The zero-order valence-corrected chi connectivity index (χ0v) is 18.7. The molecule has 3 aliphatic heterocycles. The van der Waals surface area contributed by atoms with Crippen LogP contribution in [0.15, 0.2) is 46.4 Å². The van der Waals surface area contributed by atoms with Gasteiger partial charge in [0.25, 0.3) is 5.91 Å². The summed E-state index contributed by atoms with van der Waals surface area (Å²) in [6, 6.07) is 5.50. The van der Waals surface area contributed by atoms with Crippen molar-refractivity contribution in [3.8, 4) is 0 Å². The molecule has 0 saturated carbocycles. The standard InChI is InChI=1S/C15H14N6O.C5H11N.C2H6O/c1-20-12-3-2-10(6-11(12)7-18-20)15(22)19-13-9-21-5-4-16-14(21)8-17-13;1-6-4-2-3-5-6;1-3-2/h2-3,6-9H,4-5H2,1H3,(H,19,22);2-5H2,1H3;1-2H3. The van der Waals surface area contributed by atoms with E-state index in [1.165, 1.54) is 25.9 Å². The van der Waals surface area contributed by atoms with E-state index in [1.54, 1.807) is 37.4 Å². The van der Waals surface area contributed by atoms with Gasteiger partial charge in [0.15, 0.2) is 0 Å². The number of methoxy groups -OCH3 is 1. The Labute approximate surface area is 183 Å². The predicted octanol–water partition coefficient (Wildman–Crippen LogP) is 1.88. The SMILES string of the molecule is CN1CCCC1.COC.Cn1ncc2cc(C(=O)NC3=CN4CCN=C4C=N3)ccc21. The Kier molecular flexibility index (Phi) is 7.91. The lowest BCUT2D eigenvalue weighted by molar-refractivity contribution is 0.0965. The van der Waals surface area contributed by atoms with Crippen LogP contribution in [0.1, 0.15) is 23.2 Å². The van der Waals surface area contributed by atoms with Crippen LogP contribution in [0.3, 0.4) is 0 Å². The number of amides is 1. The van der Waals surface area contributed by atoms with Gasteiger partial charge < -0.3 is 19.9 Å². The van der Waals surface area contributed by atoms with Gasteiger partial charge in [-0.05, 0) is 51.2 Å². The molecule has 5 rings (SSSR count). The number of nitrogens with zero attached hydrogens (tertiary/aromatic N) is 6. The van der Waals surface area contributed by atoms with E-state index in [1.807, 2.05) is 30.3 Å². The Morgan fingerprint density at radius 2 is 1.87 bits per heavy atom. The van der Waals surface area contributed by atoms with Gasteiger partial charge in [-0.1, -0.05) is 0 Å². The largest absolute Gasteiger partial charge is 0.388 e. The summed E-state index contributed by atoms with van der Waals surface area (Å²) < 4.78 is 6.03. The number of amidine groups is 1. The number of ether oxygens (including phenoxy) is 1. The summed E-state index contributed by atoms with van der Waals surface area (Å²) in [5, 5.41) is 7.93. The molecule has 2 aromatic rings. The summed E-state index contributed by atoms with van der Waals surface area (Å²) in [7, 11) is 7.30. The molecule has 0 aliphatic carbocycles. The van der Waals surface area contributed by atoms with Crippen molar-refractivity contribution >= 4 is 28.9 Å². The maximum Gasteiger partial charge on any atom is 0.256 e. The minimum Gasteiger partial charge on any atom is -0.388 e. The van der Waals surface area contributed by atoms with Crippen molar-refractivity contribution in [2.75, 3.05) is 47.4 Å². The van der Waals surface area contributed by atoms with Gasteiger partial charge in [0.1, 0.15) is 11.7 Å². The molecule has 0 spiro atoms. The Bertz CT molecular complexity index is 987. The van der Waals surface area contributed by atoms with Crippen molar-refractivity contribution in [2.45, 2.75) is 12.8 Å². The van der Waals surface area contributed by atoms with E-state index in [9.17, 15) is 4.79 Å². The molecule has 1 N–H and O–H groups in total. The molecule has 1 aromatic heterocycles. The maximum atomic E-state index is 12.4. The van der Waals surface area contributed by atoms with Crippen LogP contribution >= 0.6 is 0 Å². The Hall–Kier alpha value is -3.04. The van der Waals surface area contributed by atoms with E-state index in [0.717, 1.165) is 29.8 Å². The molecule has 0 unspecified atom stereocenters. The first-order chi connectivity index (χ1) is 15.0. The Balaban J connectivity index is 0.000000255. The highest BCUT2D eigenvalue weighted by Gasteiger charge is 2.19. The molecule has 4 heterocycles. The van der Waals surface area contributed by atoms with E-state index in [4.69, 9.17) is 0 Å². The number of hydrogen-bond donors (Lipinski definition) is 1. The van der Waals surface area contributed by atoms with Gasteiger partial charge in [0.05, 0.1) is 24.5 Å². The first-order valence-electron chi connectivity index (χ1n) is 10.4. The fraction of sp³-hybridized carbons (Fsp3) is 0.455. The van der Waals surface area contributed by atoms with Crippen LogP contribution in [0.2, 0.25) is 0 Å². The van der Waals surface area contributed by atoms with Crippen molar-refractivity contribution in [1.29, 1.82) is 0 Å². The summed E-state index contributed by atoms with van der Waals surface area (Å²) in [4.78, 5) is 25.2. The zero-order chi connectivity index (χ0) is 22.2. The molecular formula is C22H31N7O2. The number of rotatable bonds is 2. The number of nitrogens with one attached hydrogen (secondary N) is 1. The van der Waals surface area contributed by atoms with Crippen LogP contribution < -0.4 is 5.32 Å². The highest BCUT2D eigenvalue weighted by atomic mass is 16.4. The molecular weight excluding hydrogens is 394 g/mol. The summed E-state index contributed by atoms with van der Waals surface area (Å²) >= 11 is 0. The second-order valence-electron chi connectivity index (χ2n) is 7.62.